The van der Waals surface area contributed by atoms with Crippen molar-refractivity contribution in [1.82, 2.24) is 15.5 Å². The Kier molecular flexibility index (Phi) is 7.55. The van der Waals surface area contributed by atoms with Gasteiger partial charge in [0.15, 0.2) is 5.96 Å². The van der Waals surface area contributed by atoms with Crippen LogP contribution in [-0.4, -0.2) is 49.0 Å². The summed E-state index contributed by atoms with van der Waals surface area (Å²) in [6, 6.07) is 11.1. The highest BCUT2D eigenvalue weighted by molar-refractivity contribution is 5.81. The Morgan fingerprint density at radius 1 is 1.19 bits per heavy atom. The number of benzene rings is 1. The lowest BCUT2D eigenvalue weighted by Gasteiger charge is -2.22. The first kappa shape index (κ1) is 19.7. The van der Waals surface area contributed by atoms with Gasteiger partial charge in [-0.1, -0.05) is 43.2 Å². The van der Waals surface area contributed by atoms with E-state index >= 15 is 0 Å². The first-order valence-corrected chi connectivity index (χ1v) is 10.6. The molecule has 1 atom stereocenters. The SMILES string of the molecule is CCNC(=NCCC(=O)NC1CCCC1)N1CCC(Cc2ccccc2)C1. The number of hydrogen-bond acceptors (Lipinski definition) is 2. The summed E-state index contributed by atoms with van der Waals surface area (Å²) in [5.41, 5.74) is 1.41. The fraction of sp³-hybridized carbons (Fsp3) is 0.636. The number of rotatable bonds is 7. The van der Waals surface area contributed by atoms with Crippen LogP contribution in [0.3, 0.4) is 0 Å². The predicted molar refractivity (Wildman–Crippen MR) is 111 cm³/mol. The molecule has 0 aromatic heterocycles. The van der Waals surface area contributed by atoms with Gasteiger partial charge in [0.1, 0.15) is 0 Å². The minimum atomic E-state index is 0.143. The van der Waals surface area contributed by atoms with Crippen LogP contribution in [0.15, 0.2) is 35.3 Å². The summed E-state index contributed by atoms with van der Waals surface area (Å²) < 4.78 is 0. The van der Waals surface area contributed by atoms with Crippen molar-refractivity contribution in [2.45, 2.75) is 57.9 Å². The molecule has 0 radical (unpaired) electrons. The van der Waals surface area contributed by atoms with Crippen LogP contribution in [0.5, 0.6) is 0 Å². The molecule has 27 heavy (non-hydrogen) atoms. The summed E-state index contributed by atoms with van der Waals surface area (Å²) in [4.78, 5) is 19.2. The zero-order valence-electron chi connectivity index (χ0n) is 16.6. The van der Waals surface area contributed by atoms with E-state index in [1.807, 2.05) is 0 Å². The topological polar surface area (TPSA) is 56.7 Å². The van der Waals surface area contributed by atoms with Gasteiger partial charge in [0, 0.05) is 32.1 Å². The van der Waals surface area contributed by atoms with Crippen molar-refractivity contribution in [3.63, 3.8) is 0 Å². The van der Waals surface area contributed by atoms with Gasteiger partial charge in [-0.15, -0.1) is 0 Å². The summed E-state index contributed by atoms with van der Waals surface area (Å²) in [6.45, 7) is 5.58. The van der Waals surface area contributed by atoms with E-state index in [1.54, 1.807) is 0 Å². The average Bonchev–Trinajstić information content (AvgIpc) is 3.34. The van der Waals surface area contributed by atoms with E-state index in [0.29, 0.717) is 24.9 Å². The normalized spacial score (nSPS) is 20.9. The number of nitrogens with one attached hydrogen (secondary N) is 2. The highest BCUT2D eigenvalue weighted by atomic mass is 16.1. The molecule has 1 aromatic carbocycles. The third-order valence-electron chi connectivity index (χ3n) is 5.61. The van der Waals surface area contributed by atoms with Gasteiger partial charge in [0.2, 0.25) is 5.91 Å². The summed E-state index contributed by atoms with van der Waals surface area (Å²) >= 11 is 0. The fourth-order valence-electron chi connectivity index (χ4n) is 4.20. The highest BCUT2D eigenvalue weighted by Gasteiger charge is 2.25. The Morgan fingerprint density at radius 3 is 2.70 bits per heavy atom. The fourth-order valence-corrected chi connectivity index (χ4v) is 4.20. The number of guanidine groups is 1. The number of hydrogen-bond donors (Lipinski definition) is 2. The average molecular weight is 371 g/mol. The molecule has 1 unspecified atom stereocenters. The summed E-state index contributed by atoms with van der Waals surface area (Å²) in [7, 11) is 0. The van der Waals surface area contributed by atoms with Crippen LogP contribution >= 0.6 is 0 Å². The maximum absolute atomic E-state index is 12.1. The van der Waals surface area contributed by atoms with E-state index in [-0.39, 0.29) is 5.91 Å². The minimum Gasteiger partial charge on any atom is -0.357 e. The van der Waals surface area contributed by atoms with E-state index in [4.69, 9.17) is 4.99 Å². The Labute approximate surface area is 163 Å². The molecule has 2 aliphatic rings. The first-order valence-electron chi connectivity index (χ1n) is 10.6. The van der Waals surface area contributed by atoms with E-state index in [1.165, 1.54) is 24.8 Å². The van der Waals surface area contributed by atoms with E-state index in [9.17, 15) is 4.79 Å². The zero-order chi connectivity index (χ0) is 18.9. The van der Waals surface area contributed by atoms with Gasteiger partial charge in [0.25, 0.3) is 0 Å². The van der Waals surface area contributed by atoms with Crippen molar-refractivity contribution in [2.75, 3.05) is 26.2 Å². The molecule has 1 heterocycles. The lowest BCUT2D eigenvalue weighted by Crippen LogP contribution is -2.40. The first-order chi connectivity index (χ1) is 13.2. The van der Waals surface area contributed by atoms with Crippen molar-refractivity contribution in [1.29, 1.82) is 0 Å². The number of aliphatic imine (C=N–C) groups is 1. The highest BCUT2D eigenvalue weighted by Crippen LogP contribution is 2.21. The molecule has 1 saturated heterocycles. The second-order valence-electron chi connectivity index (χ2n) is 7.82. The minimum absolute atomic E-state index is 0.143. The summed E-state index contributed by atoms with van der Waals surface area (Å²) in [5.74, 6) is 1.77. The predicted octanol–water partition coefficient (Wildman–Crippen LogP) is 2.97. The number of nitrogens with zero attached hydrogens (tertiary/aromatic N) is 2. The van der Waals surface area contributed by atoms with Gasteiger partial charge in [-0.2, -0.15) is 0 Å². The van der Waals surface area contributed by atoms with Crippen LogP contribution in [0.4, 0.5) is 0 Å². The Balaban J connectivity index is 1.46. The molecule has 2 N–H and O–H groups in total. The molecule has 2 fully saturated rings. The van der Waals surface area contributed by atoms with E-state index < -0.39 is 0 Å². The van der Waals surface area contributed by atoms with Crippen molar-refractivity contribution < 1.29 is 4.79 Å². The lowest BCUT2D eigenvalue weighted by molar-refractivity contribution is -0.121. The zero-order valence-corrected chi connectivity index (χ0v) is 16.6. The lowest BCUT2D eigenvalue weighted by atomic mass is 9.99. The molecule has 1 aliphatic carbocycles. The van der Waals surface area contributed by atoms with Crippen LogP contribution in [0.2, 0.25) is 0 Å². The molecular weight excluding hydrogens is 336 g/mol. The van der Waals surface area contributed by atoms with Gasteiger partial charge in [-0.05, 0) is 44.1 Å². The van der Waals surface area contributed by atoms with Crippen molar-refractivity contribution in [3.05, 3.63) is 35.9 Å². The van der Waals surface area contributed by atoms with Crippen LogP contribution in [0.1, 0.15) is 51.0 Å². The van der Waals surface area contributed by atoms with Crippen LogP contribution in [0, 0.1) is 5.92 Å². The van der Waals surface area contributed by atoms with Crippen molar-refractivity contribution in [2.24, 2.45) is 10.9 Å². The third kappa shape index (κ3) is 6.26. The molecule has 0 bridgehead atoms. The van der Waals surface area contributed by atoms with Gasteiger partial charge >= 0.3 is 0 Å². The molecule has 3 rings (SSSR count). The van der Waals surface area contributed by atoms with Gasteiger partial charge in [0.05, 0.1) is 6.54 Å². The quantitative estimate of drug-likeness (QED) is 0.573. The van der Waals surface area contributed by atoms with E-state index in [2.05, 4.69) is 52.8 Å². The molecule has 0 spiro atoms. The number of carbonyl (C=O) groups is 1. The summed E-state index contributed by atoms with van der Waals surface area (Å²) in [6.07, 6.45) is 7.55. The third-order valence-corrected chi connectivity index (χ3v) is 5.61. The largest absolute Gasteiger partial charge is 0.357 e. The number of carbonyl (C=O) groups excluding carboxylic acids is 1. The molecule has 5 nitrogen and oxygen atoms in total. The van der Waals surface area contributed by atoms with Gasteiger partial charge in [-0.3, -0.25) is 9.79 Å². The Morgan fingerprint density at radius 2 is 1.96 bits per heavy atom. The van der Waals surface area contributed by atoms with Crippen molar-refractivity contribution in [3.8, 4) is 0 Å². The monoisotopic (exact) mass is 370 g/mol. The number of likely N-dealkylation sites (tertiary alicyclic amines) is 1. The summed E-state index contributed by atoms with van der Waals surface area (Å²) in [5, 5.41) is 6.55. The van der Waals surface area contributed by atoms with Gasteiger partial charge < -0.3 is 15.5 Å². The second-order valence-corrected chi connectivity index (χ2v) is 7.82. The van der Waals surface area contributed by atoms with Crippen molar-refractivity contribution >= 4 is 11.9 Å². The molecule has 5 heteroatoms. The number of amides is 1. The molecule has 1 aromatic rings. The smallest absolute Gasteiger partial charge is 0.222 e. The molecule has 1 saturated carbocycles. The molecular formula is C22H34N4O. The van der Waals surface area contributed by atoms with Crippen LogP contribution in [0.25, 0.3) is 0 Å². The Hall–Kier alpha value is -2.04. The van der Waals surface area contributed by atoms with Gasteiger partial charge in [-0.25, -0.2) is 0 Å². The standard InChI is InChI=1S/C22H34N4O/c1-2-23-22(24-14-12-21(27)25-20-10-6-7-11-20)26-15-13-19(17-26)16-18-8-4-3-5-9-18/h3-5,8-9,19-20H,2,6-7,10-17H2,1H3,(H,23,24)(H,25,27). The molecule has 1 aliphatic heterocycles. The van der Waals surface area contributed by atoms with Crippen LogP contribution in [-0.2, 0) is 11.2 Å². The van der Waals surface area contributed by atoms with E-state index in [0.717, 1.165) is 44.9 Å². The van der Waals surface area contributed by atoms with Crippen LogP contribution < -0.4 is 10.6 Å². The second kappa shape index (κ2) is 10.3. The Bertz CT molecular complexity index is 610. The maximum atomic E-state index is 12.1. The molecule has 148 valence electrons. The molecule has 1 amide bonds. The maximum Gasteiger partial charge on any atom is 0.222 e.